The average molecular weight is 364 g/mol. The van der Waals surface area contributed by atoms with E-state index in [1.807, 2.05) is 55.3 Å². The summed E-state index contributed by atoms with van der Waals surface area (Å²) >= 11 is 0. The van der Waals surface area contributed by atoms with Crippen LogP contribution in [0.5, 0.6) is 0 Å². The molecule has 0 aliphatic carbocycles. The van der Waals surface area contributed by atoms with Gasteiger partial charge in [-0.25, -0.2) is 4.98 Å². The minimum atomic E-state index is 0.0307. The largest absolute Gasteiger partial charge is 0.337 e. The standard InChI is InChI=1S/C20H24N6O/c1-14-12-17(24-25(14)2)20(27)26-10-8-15(9-11-26)13-18-21-19(23-22-18)16-6-4-3-5-7-16/h3-7,12,15H,8-11,13H2,1-2H3,(H,21,22,23). The maximum Gasteiger partial charge on any atom is 0.274 e. The summed E-state index contributed by atoms with van der Waals surface area (Å²) in [5.41, 5.74) is 2.55. The van der Waals surface area contributed by atoms with Crippen LogP contribution in [0.1, 0.15) is 34.8 Å². The summed E-state index contributed by atoms with van der Waals surface area (Å²) in [4.78, 5) is 19.2. The van der Waals surface area contributed by atoms with Crippen LogP contribution in [0.25, 0.3) is 11.4 Å². The Hall–Kier alpha value is -2.96. The molecule has 7 heteroatoms. The number of piperidine rings is 1. The van der Waals surface area contributed by atoms with Crippen LogP contribution in [-0.2, 0) is 13.5 Å². The smallest absolute Gasteiger partial charge is 0.274 e. The zero-order chi connectivity index (χ0) is 18.8. The number of carbonyl (C=O) groups excluding carboxylic acids is 1. The number of nitrogens with one attached hydrogen (secondary N) is 1. The Kier molecular flexibility index (Phi) is 4.75. The highest BCUT2D eigenvalue weighted by Gasteiger charge is 2.26. The molecule has 1 N–H and O–H groups in total. The van der Waals surface area contributed by atoms with Crippen molar-refractivity contribution in [3.63, 3.8) is 0 Å². The molecule has 0 radical (unpaired) electrons. The minimum Gasteiger partial charge on any atom is -0.337 e. The van der Waals surface area contributed by atoms with Gasteiger partial charge in [-0.15, -0.1) is 0 Å². The Bertz CT molecular complexity index is 902. The first-order valence-corrected chi connectivity index (χ1v) is 9.37. The molecule has 1 saturated heterocycles. The van der Waals surface area contributed by atoms with E-state index >= 15 is 0 Å². The Morgan fingerprint density at radius 3 is 2.63 bits per heavy atom. The van der Waals surface area contributed by atoms with Gasteiger partial charge in [0.25, 0.3) is 5.91 Å². The molecule has 140 valence electrons. The number of hydrogen-bond donors (Lipinski definition) is 1. The SMILES string of the molecule is Cc1cc(C(=O)N2CCC(Cc3nc(-c4ccccc4)n[nH]3)CC2)nn1C. The lowest BCUT2D eigenvalue weighted by Crippen LogP contribution is -2.39. The quantitative estimate of drug-likeness (QED) is 0.772. The van der Waals surface area contributed by atoms with Gasteiger partial charge in [0.15, 0.2) is 11.5 Å². The Balaban J connectivity index is 1.33. The van der Waals surface area contributed by atoms with Crippen molar-refractivity contribution < 1.29 is 4.79 Å². The lowest BCUT2D eigenvalue weighted by Gasteiger charge is -2.31. The van der Waals surface area contributed by atoms with Crippen molar-refractivity contribution in [2.75, 3.05) is 13.1 Å². The summed E-state index contributed by atoms with van der Waals surface area (Å²) in [5, 5.41) is 11.7. The molecule has 1 aromatic carbocycles. The third-order valence-corrected chi connectivity index (χ3v) is 5.28. The molecule has 27 heavy (non-hydrogen) atoms. The molecule has 0 atom stereocenters. The van der Waals surface area contributed by atoms with Crippen molar-refractivity contribution in [3.05, 3.63) is 53.6 Å². The van der Waals surface area contributed by atoms with Gasteiger partial charge in [0.1, 0.15) is 5.82 Å². The molecule has 7 nitrogen and oxygen atoms in total. The van der Waals surface area contributed by atoms with Crippen LogP contribution in [0, 0.1) is 12.8 Å². The molecule has 1 aliphatic heterocycles. The van der Waals surface area contributed by atoms with E-state index < -0.39 is 0 Å². The summed E-state index contributed by atoms with van der Waals surface area (Å²) < 4.78 is 1.74. The van der Waals surface area contributed by atoms with Gasteiger partial charge in [-0.2, -0.15) is 10.2 Å². The number of aromatic nitrogens is 5. The predicted molar refractivity (Wildman–Crippen MR) is 102 cm³/mol. The second kappa shape index (κ2) is 7.34. The summed E-state index contributed by atoms with van der Waals surface area (Å²) in [5.74, 6) is 2.20. The van der Waals surface area contributed by atoms with Gasteiger partial charge in [0.05, 0.1) is 0 Å². The highest BCUT2D eigenvalue weighted by Crippen LogP contribution is 2.23. The van der Waals surface area contributed by atoms with Crippen LogP contribution in [-0.4, -0.2) is 48.9 Å². The fraction of sp³-hybridized carbons (Fsp3) is 0.400. The van der Waals surface area contributed by atoms with E-state index in [0.717, 1.165) is 55.3 Å². The van der Waals surface area contributed by atoms with Gasteiger partial charge in [0.2, 0.25) is 0 Å². The molecule has 0 bridgehead atoms. The Labute approximate surface area is 158 Å². The van der Waals surface area contributed by atoms with Crippen molar-refractivity contribution in [3.8, 4) is 11.4 Å². The van der Waals surface area contributed by atoms with Crippen LogP contribution in [0.2, 0.25) is 0 Å². The number of aromatic amines is 1. The monoisotopic (exact) mass is 364 g/mol. The molecule has 3 aromatic rings. The third kappa shape index (κ3) is 3.77. The second-order valence-electron chi connectivity index (χ2n) is 7.21. The summed E-state index contributed by atoms with van der Waals surface area (Å²) in [6.07, 6.45) is 2.81. The van der Waals surface area contributed by atoms with Crippen molar-refractivity contribution >= 4 is 5.91 Å². The zero-order valence-corrected chi connectivity index (χ0v) is 15.7. The zero-order valence-electron chi connectivity index (χ0n) is 15.7. The number of H-pyrrole nitrogens is 1. The minimum absolute atomic E-state index is 0.0307. The summed E-state index contributed by atoms with van der Waals surface area (Å²) in [6, 6.07) is 11.8. The van der Waals surface area contributed by atoms with E-state index in [0.29, 0.717) is 11.6 Å². The Morgan fingerprint density at radius 1 is 1.22 bits per heavy atom. The average Bonchev–Trinajstić information content (AvgIpc) is 3.29. The van der Waals surface area contributed by atoms with Crippen molar-refractivity contribution in [1.29, 1.82) is 0 Å². The number of rotatable bonds is 4. The van der Waals surface area contributed by atoms with E-state index in [9.17, 15) is 4.79 Å². The molecular formula is C20H24N6O. The van der Waals surface area contributed by atoms with Crippen molar-refractivity contribution in [2.45, 2.75) is 26.2 Å². The number of amides is 1. The molecule has 1 aliphatic rings. The number of carbonyl (C=O) groups is 1. The number of benzene rings is 1. The van der Waals surface area contributed by atoms with Crippen LogP contribution < -0.4 is 0 Å². The molecule has 4 rings (SSSR count). The highest BCUT2D eigenvalue weighted by atomic mass is 16.2. The fourth-order valence-corrected chi connectivity index (χ4v) is 3.54. The molecule has 0 unspecified atom stereocenters. The predicted octanol–water partition coefficient (Wildman–Crippen LogP) is 2.61. The van der Waals surface area contributed by atoms with Gasteiger partial charge >= 0.3 is 0 Å². The van der Waals surface area contributed by atoms with E-state index in [1.165, 1.54) is 0 Å². The lowest BCUT2D eigenvalue weighted by molar-refractivity contribution is 0.0683. The molecule has 1 fully saturated rings. The number of aryl methyl sites for hydroxylation is 2. The fourth-order valence-electron chi connectivity index (χ4n) is 3.54. The maximum absolute atomic E-state index is 12.6. The third-order valence-electron chi connectivity index (χ3n) is 5.28. The van der Waals surface area contributed by atoms with Gasteiger partial charge < -0.3 is 4.90 Å². The van der Waals surface area contributed by atoms with Crippen LogP contribution in [0.3, 0.4) is 0 Å². The molecule has 1 amide bonds. The number of hydrogen-bond acceptors (Lipinski definition) is 4. The molecule has 3 heterocycles. The normalized spacial score (nSPS) is 15.3. The van der Waals surface area contributed by atoms with Gasteiger partial charge in [0, 0.05) is 37.8 Å². The van der Waals surface area contributed by atoms with E-state index in [2.05, 4.69) is 20.3 Å². The van der Waals surface area contributed by atoms with Crippen LogP contribution in [0.15, 0.2) is 36.4 Å². The Morgan fingerprint density at radius 2 is 1.96 bits per heavy atom. The first-order chi connectivity index (χ1) is 13.1. The second-order valence-corrected chi connectivity index (χ2v) is 7.21. The first-order valence-electron chi connectivity index (χ1n) is 9.37. The van der Waals surface area contributed by atoms with Gasteiger partial charge in [-0.3, -0.25) is 14.6 Å². The maximum atomic E-state index is 12.6. The van der Waals surface area contributed by atoms with E-state index in [1.54, 1.807) is 4.68 Å². The number of nitrogens with zero attached hydrogens (tertiary/aromatic N) is 5. The van der Waals surface area contributed by atoms with E-state index in [4.69, 9.17) is 0 Å². The molecule has 0 saturated carbocycles. The topological polar surface area (TPSA) is 79.7 Å². The first kappa shape index (κ1) is 17.5. The van der Waals surface area contributed by atoms with Crippen molar-refractivity contribution in [2.24, 2.45) is 13.0 Å². The summed E-state index contributed by atoms with van der Waals surface area (Å²) in [7, 11) is 1.86. The molecule has 0 spiro atoms. The van der Waals surface area contributed by atoms with Crippen LogP contribution in [0.4, 0.5) is 0 Å². The molecule has 2 aromatic heterocycles. The van der Waals surface area contributed by atoms with E-state index in [-0.39, 0.29) is 5.91 Å². The van der Waals surface area contributed by atoms with Crippen molar-refractivity contribution in [1.82, 2.24) is 29.9 Å². The van der Waals surface area contributed by atoms with Gasteiger partial charge in [-0.1, -0.05) is 30.3 Å². The summed E-state index contributed by atoms with van der Waals surface area (Å²) in [6.45, 7) is 3.48. The molecular weight excluding hydrogens is 340 g/mol. The lowest BCUT2D eigenvalue weighted by atomic mass is 9.93. The van der Waals surface area contributed by atoms with Gasteiger partial charge in [-0.05, 0) is 31.7 Å². The van der Waals surface area contributed by atoms with Crippen LogP contribution >= 0.6 is 0 Å². The number of likely N-dealkylation sites (tertiary alicyclic amines) is 1. The highest BCUT2D eigenvalue weighted by molar-refractivity contribution is 5.92.